The lowest BCUT2D eigenvalue weighted by atomic mass is 10.2. The largest absolute Gasteiger partial charge is 0.478 e. The summed E-state index contributed by atoms with van der Waals surface area (Å²) < 4.78 is 0. The predicted molar refractivity (Wildman–Crippen MR) is 58.4 cm³/mol. The van der Waals surface area contributed by atoms with Crippen LogP contribution in [-0.4, -0.2) is 11.1 Å². The number of carboxylic acid groups (broad SMARTS) is 1. The van der Waals surface area contributed by atoms with Gasteiger partial charge in [-0.05, 0) is 12.5 Å². The van der Waals surface area contributed by atoms with Gasteiger partial charge in [-0.25, -0.2) is 4.79 Å². The minimum absolute atomic E-state index is 0.176. The summed E-state index contributed by atoms with van der Waals surface area (Å²) in [5.74, 6) is -0.323. The summed E-state index contributed by atoms with van der Waals surface area (Å²) >= 11 is 5.53. The van der Waals surface area contributed by atoms with Crippen molar-refractivity contribution < 1.29 is 9.90 Å². The van der Waals surface area contributed by atoms with Crippen LogP contribution in [0.1, 0.15) is 12.5 Å². The van der Waals surface area contributed by atoms with E-state index in [4.69, 9.17) is 16.7 Å². The number of halogens is 1. The number of alkyl halides is 1. The molecule has 14 heavy (non-hydrogen) atoms. The average molecular weight is 213 g/mol. The van der Waals surface area contributed by atoms with Crippen molar-refractivity contribution >= 4 is 17.6 Å². The number of hydrogen-bond donors (Lipinski definition) is 1. The third-order valence-electron chi connectivity index (χ3n) is 1.36. The second-order valence-electron chi connectivity index (χ2n) is 2.70. The molecule has 0 aliphatic rings. The molecule has 0 saturated carbocycles. The molecule has 0 unspecified atom stereocenters. The molecule has 0 saturated heterocycles. The van der Waals surface area contributed by atoms with Crippen LogP contribution in [0.3, 0.4) is 0 Å². The van der Waals surface area contributed by atoms with Crippen LogP contribution in [0, 0.1) is 0 Å². The van der Waals surface area contributed by atoms with E-state index < -0.39 is 5.97 Å². The minimum Gasteiger partial charge on any atom is -0.478 e. The fraction of sp³-hybridized carbons (Fsp3) is 0.182. The molecule has 0 bridgehead atoms. The Balaban J connectivity index is 0.000000255. The molecule has 0 aliphatic carbocycles. The fourth-order valence-corrected chi connectivity index (χ4v) is 0.745. The Morgan fingerprint density at radius 1 is 1.43 bits per heavy atom. The molecule has 1 aromatic rings. The van der Waals surface area contributed by atoms with Gasteiger partial charge >= 0.3 is 5.97 Å². The van der Waals surface area contributed by atoms with E-state index in [1.54, 1.807) is 0 Å². The van der Waals surface area contributed by atoms with Gasteiger partial charge in [0.1, 0.15) is 0 Å². The normalized spacial score (nSPS) is 8.43. The lowest BCUT2D eigenvalue weighted by molar-refractivity contribution is -0.132. The van der Waals surface area contributed by atoms with Gasteiger partial charge in [0.15, 0.2) is 0 Å². The van der Waals surface area contributed by atoms with Crippen LogP contribution in [0.25, 0.3) is 0 Å². The van der Waals surface area contributed by atoms with Crippen LogP contribution in [-0.2, 0) is 10.7 Å². The van der Waals surface area contributed by atoms with E-state index in [1.165, 1.54) is 12.5 Å². The van der Waals surface area contributed by atoms with E-state index >= 15 is 0 Å². The second-order valence-corrected chi connectivity index (χ2v) is 2.97. The van der Waals surface area contributed by atoms with Gasteiger partial charge in [0, 0.05) is 11.5 Å². The van der Waals surface area contributed by atoms with Crippen LogP contribution in [0.15, 0.2) is 42.5 Å². The summed E-state index contributed by atoms with van der Waals surface area (Å²) in [6.07, 6.45) is 0. The first kappa shape index (κ1) is 12.7. The maximum absolute atomic E-state index is 9.60. The van der Waals surface area contributed by atoms with E-state index in [-0.39, 0.29) is 5.57 Å². The summed E-state index contributed by atoms with van der Waals surface area (Å²) in [5, 5.41) is 7.89. The zero-order valence-electron chi connectivity index (χ0n) is 8.03. The average Bonchev–Trinajstić information content (AvgIpc) is 2.20. The molecular weight excluding hydrogens is 200 g/mol. The SMILES string of the molecule is C=C(C)C(=O)O.ClCc1ccccc1. The van der Waals surface area contributed by atoms with Crippen LogP contribution in [0.2, 0.25) is 0 Å². The second kappa shape index (κ2) is 7.15. The van der Waals surface area contributed by atoms with Gasteiger partial charge in [0.25, 0.3) is 0 Å². The van der Waals surface area contributed by atoms with Crippen molar-refractivity contribution in [2.75, 3.05) is 0 Å². The number of rotatable bonds is 2. The highest BCUT2D eigenvalue weighted by Crippen LogP contribution is 2.00. The fourth-order valence-electron chi connectivity index (χ4n) is 0.567. The minimum atomic E-state index is -0.935. The van der Waals surface area contributed by atoms with Gasteiger partial charge in [-0.2, -0.15) is 0 Å². The van der Waals surface area contributed by atoms with E-state index in [1.807, 2.05) is 30.3 Å². The first-order valence-corrected chi connectivity index (χ1v) is 4.60. The quantitative estimate of drug-likeness (QED) is 0.604. The molecule has 76 valence electrons. The Labute approximate surface area is 88.8 Å². The molecular formula is C11H13ClO2. The first-order chi connectivity index (χ1) is 6.57. The number of benzene rings is 1. The summed E-state index contributed by atoms with van der Waals surface area (Å²) in [4.78, 5) is 9.60. The topological polar surface area (TPSA) is 37.3 Å². The summed E-state index contributed by atoms with van der Waals surface area (Å²) in [6, 6.07) is 9.96. The highest BCUT2D eigenvalue weighted by molar-refractivity contribution is 6.17. The van der Waals surface area contributed by atoms with Gasteiger partial charge in [-0.3, -0.25) is 0 Å². The molecule has 0 aliphatic heterocycles. The smallest absolute Gasteiger partial charge is 0.330 e. The van der Waals surface area contributed by atoms with Gasteiger partial charge < -0.3 is 5.11 Å². The highest BCUT2D eigenvalue weighted by atomic mass is 35.5. The molecule has 0 fully saturated rings. The number of aliphatic carboxylic acids is 1. The Morgan fingerprint density at radius 2 is 1.86 bits per heavy atom. The van der Waals surface area contributed by atoms with Gasteiger partial charge in [0.05, 0.1) is 0 Å². The van der Waals surface area contributed by atoms with Crippen molar-refractivity contribution in [2.45, 2.75) is 12.8 Å². The van der Waals surface area contributed by atoms with Crippen molar-refractivity contribution in [3.05, 3.63) is 48.0 Å². The molecule has 0 radical (unpaired) electrons. The van der Waals surface area contributed by atoms with Gasteiger partial charge in [-0.1, -0.05) is 36.9 Å². The molecule has 1 N–H and O–H groups in total. The van der Waals surface area contributed by atoms with Crippen LogP contribution in [0.4, 0.5) is 0 Å². The Morgan fingerprint density at radius 3 is 2.07 bits per heavy atom. The summed E-state index contributed by atoms with van der Waals surface area (Å²) in [6.45, 7) is 4.60. The van der Waals surface area contributed by atoms with Crippen molar-refractivity contribution in [3.8, 4) is 0 Å². The summed E-state index contributed by atoms with van der Waals surface area (Å²) in [7, 11) is 0. The zero-order chi connectivity index (χ0) is 11.0. The van der Waals surface area contributed by atoms with E-state index in [2.05, 4.69) is 6.58 Å². The van der Waals surface area contributed by atoms with E-state index in [9.17, 15) is 4.79 Å². The van der Waals surface area contributed by atoms with Crippen LogP contribution in [0.5, 0.6) is 0 Å². The molecule has 1 rings (SSSR count). The standard InChI is InChI=1S/C7H7Cl.C4H6O2/c8-6-7-4-2-1-3-5-7;1-3(2)4(5)6/h1-5H,6H2;1H2,2H3,(H,5,6). The van der Waals surface area contributed by atoms with Crippen molar-refractivity contribution in [1.29, 1.82) is 0 Å². The molecule has 2 nitrogen and oxygen atoms in total. The molecule has 0 amide bonds. The van der Waals surface area contributed by atoms with E-state index in [0.29, 0.717) is 5.88 Å². The maximum atomic E-state index is 9.60. The molecule has 0 heterocycles. The van der Waals surface area contributed by atoms with Crippen LogP contribution >= 0.6 is 11.6 Å². The Kier molecular flexibility index (Phi) is 6.50. The van der Waals surface area contributed by atoms with Crippen LogP contribution < -0.4 is 0 Å². The molecule has 1 aromatic carbocycles. The first-order valence-electron chi connectivity index (χ1n) is 4.06. The number of carbonyl (C=O) groups is 1. The van der Waals surface area contributed by atoms with E-state index in [0.717, 1.165) is 0 Å². The third kappa shape index (κ3) is 6.26. The molecule has 0 spiro atoms. The van der Waals surface area contributed by atoms with Gasteiger partial charge in [0.2, 0.25) is 0 Å². The Hall–Kier alpha value is -1.28. The monoisotopic (exact) mass is 212 g/mol. The summed E-state index contributed by atoms with van der Waals surface area (Å²) in [5.41, 5.74) is 1.35. The lowest BCUT2D eigenvalue weighted by Crippen LogP contribution is -1.92. The Bertz CT molecular complexity index is 281. The number of hydrogen-bond acceptors (Lipinski definition) is 1. The molecule has 0 atom stereocenters. The van der Waals surface area contributed by atoms with Crippen molar-refractivity contribution in [3.63, 3.8) is 0 Å². The molecule has 0 aromatic heterocycles. The van der Waals surface area contributed by atoms with Crippen molar-refractivity contribution in [2.24, 2.45) is 0 Å². The zero-order valence-corrected chi connectivity index (χ0v) is 8.79. The maximum Gasteiger partial charge on any atom is 0.330 e. The van der Waals surface area contributed by atoms with Crippen molar-refractivity contribution in [1.82, 2.24) is 0 Å². The molecule has 3 heteroatoms. The third-order valence-corrected chi connectivity index (χ3v) is 1.67. The predicted octanol–water partition coefficient (Wildman–Crippen LogP) is 3.07. The number of carboxylic acids is 1. The highest BCUT2D eigenvalue weighted by Gasteiger charge is 1.90. The van der Waals surface area contributed by atoms with Gasteiger partial charge in [-0.15, -0.1) is 11.6 Å². The lowest BCUT2D eigenvalue weighted by Gasteiger charge is -1.88.